The molecule has 0 aliphatic heterocycles. The van der Waals surface area contributed by atoms with Gasteiger partial charge in [0.25, 0.3) is 5.56 Å². The first-order chi connectivity index (χ1) is 11.2. The average molecular weight is 327 g/mol. The van der Waals surface area contributed by atoms with Crippen LogP contribution in [0, 0.1) is 11.5 Å². The predicted octanol–water partition coefficient (Wildman–Crippen LogP) is 2.09. The number of nitriles is 1. The Morgan fingerprint density at radius 1 is 1.35 bits per heavy atom. The molecule has 23 heavy (non-hydrogen) atoms. The average Bonchev–Trinajstić information content (AvgIpc) is 2.59. The molecule has 0 bridgehead atoms. The topological polar surface area (TPSA) is 83.1 Å². The molecular formula is C16H17N5OS. The maximum absolute atomic E-state index is 11.9. The molecule has 1 N–H and O–H groups in total. The summed E-state index contributed by atoms with van der Waals surface area (Å²) in [7, 11) is 0. The van der Waals surface area contributed by atoms with Crippen molar-refractivity contribution in [1.29, 1.82) is 5.26 Å². The van der Waals surface area contributed by atoms with E-state index >= 15 is 0 Å². The molecule has 118 valence electrons. The van der Waals surface area contributed by atoms with E-state index in [4.69, 9.17) is 5.26 Å². The number of benzene rings is 1. The first kappa shape index (κ1) is 16.8. The number of aliphatic imine (C=N–C) groups is 1. The Kier molecular flexibility index (Phi) is 6.39. The van der Waals surface area contributed by atoms with E-state index in [1.807, 2.05) is 42.8 Å². The first-order valence-electron chi connectivity index (χ1n) is 7.11. The van der Waals surface area contributed by atoms with Crippen LogP contribution in [-0.4, -0.2) is 27.7 Å². The van der Waals surface area contributed by atoms with Gasteiger partial charge < -0.3 is 0 Å². The van der Waals surface area contributed by atoms with Crippen molar-refractivity contribution in [2.45, 2.75) is 13.0 Å². The Morgan fingerprint density at radius 2 is 2.13 bits per heavy atom. The highest BCUT2D eigenvalue weighted by atomic mass is 32.2. The van der Waals surface area contributed by atoms with E-state index in [1.165, 1.54) is 22.5 Å². The van der Waals surface area contributed by atoms with Crippen LogP contribution in [0.3, 0.4) is 0 Å². The zero-order valence-electron chi connectivity index (χ0n) is 12.8. The Morgan fingerprint density at radius 3 is 2.83 bits per heavy atom. The molecule has 0 radical (unpaired) electrons. The molecule has 0 fully saturated rings. The molecule has 0 amide bonds. The fourth-order valence-corrected chi connectivity index (χ4v) is 2.34. The summed E-state index contributed by atoms with van der Waals surface area (Å²) in [4.78, 5) is 16.2. The third-order valence-corrected chi connectivity index (χ3v) is 3.69. The van der Waals surface area contributed by atoms with Gasteiger partial charge in [0.1, 0.15) is 0 Å². The molecule has 1 aromatic heterocycles. The Hall–Kier alpha value is -2.59. The number of amidine groups is 1. The lowest BCUT2D eigenvalue weighted by Gasteiger charge is -2.06. The van der Waals surface area contributed by atoms with Crippen molar-refractivity contribution in [1.82, 2.24) is 15.1 Å². The lowest BCUT2D eigenvalue weighted by Crippen LogP contribution is -2.23. The van der Waals surface area contributed by atoms with Crippen LogP contribution >= 0.6 is 11.8 Å². The molecule has 0 spiro atoms. The standard InChI is InChI=1S/C16H17N5OS/c1-23-16(19-12-17)18-10-5-11-21-15(22)9-8-14(20-21)13-6-3-2-4-7-13/h2-4,6-9H,5,10-11H2,1H3,(H,18,19). The lowest BCUT2D eigenvalue weighted by molar-refractivity contribution is 0.556. The number of nitrogens with one attached hydrogen (secondary N) is 1. The van der Waals surface area contributed by atoms with Gasteiger partial charge in [-0.3, -0.25) is 15.1 Å². The van der Waals surface area contributed by atoms with Crippen molar-refractivity contribution < 1.29 is 0 Å². The van der Waals surface area contributed by atoms with Crippen molar-refractivity contribution in [3.05, 3.63) is 52.8 Å². The highest BCUT2D eigenvalue weighted by molar-refractivity contribution is 8.13. The molecule has 1 heterocycles. The van der Waals surface area contributed by atoms with Crippen LogP contribution in [0.2, 0.25) is 0 Å². The number of rotatable bonds is 5. The van der Waals surface area contributed by atoms with Crippen molar-refractivity contribution in [3.63, 3.8) is 0 Å². The molecule has 0 saturated carbocycles. The maximum Gasteiger partial charge on any atom is 0.266 e. The lowest BCUT2D eigenvalue weighted by atomic mass is 10.1. The number of hydrogen-bond acceptors (Lipinski definition) is 5. The molecule has 1 aromatic carbocycles. The third kappa shape index (κ3) is 4.97. The van der Waals surface area contributed by atoms with Gasteiger partial charge >= 0.3 is 0 Å². The minimum absolute atomic E-state index is 0.131. The largest absolute Gasteiger partial charge is 0.272 e. The second-order valence-corrected chi connectivity index (χ2v) is 5.42. The number of thioether (sulfide) groups is 1. The van der Waals surface area contributed by atoms with Crippen LogP contribution in [0.25, 0.3) is 11.3 Å². The molecular weight excluding hydrogens is 310 g/mol. The second kappa shape index (κ2) is 8.76. The Labute approximate surface area is 138 Å². The van der Waals surface area contributed by atoms with Gasteiger partial charge in [0.2, 0.25) is 0 Å². The van der Waals surface area contributed by atoms with E-state index in [-0.39, 0.29) is 5.56 Å². The first-order valence-corrected chi connectivity index (χ1v) is 8.34. The van der Waals surface area contributed by atoms with Crippen molar-refractivity contribution in [3.8, 4) is 17.5 Å². The third-order valence-electron chi connectivity index (χ3n) is 3.08. The summed E-state index contributed by atoms with van der Waals surface area (Å²) in [5, 5.41) is 16.0. The van der Waals surface area contributed by atoms with Crippen molar-refractivity contribution in [2.75, 3.05) is 12.8 Å². The van der Waals surface area contributed by atoms with Crippen LogP contribution in [0.4, 0.5) is 0 Å². The normalized spacial score (nSPS) is 11.0. The van der Waals surface area contributed by atoms with Crippen LogP contribution < -0.4 is 10.9 Å². The van der Waals surface area contributed by atoms with Gasteiger partial charge in [-0.2, -0.15) is 10.4 Å². The van der Waals surface area contributed by atoms with E-state index in [0.717, 1.165) is 11.3 Å². The molecule has 0 aliphatic rings. The fraction of sp³-hybridized carbons (Fsp3) is 0.250. The van der Waals surface area contributed by atoms with Gasteiger partial charge in [-0.15, -0.1) is 0 Å². The highest BCUT2D eigenvalue weighted by Crippen LogP contribution is 2.13. The SMILES string of the molecule is CSC(=NCCCn1nc(-c2ccccc2)ccc1=O)NC#N. The van der Waals surface area contributed by atoms with Gasteiger partial charge in [-0.1, -0.05) is 42.1 Å². The van der Waals surface area contributed by atoms with Crippen LogP contribution in [0.15, 0.2) is 52.3 Å². The highest BCUT2D eigenvalue weighted by Gasteiger charge is 2.03. The van der Waals surface area contributed by atoms with Gasteiger partial charge in [-0.25, -0.2) is 4.68 Å². The molecule has 0 unspecified atom stereocenters. The molecule has 0 aliphatic carbocycles. The summed E-state index contributed by atoms with van der Waals surface area (Å²) < 4.78 is 1.45. The zero-order chi connectivity index (χ0) is 16.5. The Balaban J connectivity index is 2.03. The summed E-state index contributed by atoms with van der Waals surface area (Å²) in [6.07, 6.45) is 4.36. The summed E-state index contributed by atoms with van der Waals surface area (Å²) >= 11 is 1.38. The minimum Gasteiger partial charge on any atom is -0.272 e. The zero-order valence-corrected chi connectivity index (χ0v) is 13.6. The van der Waals surface area contributed by atoms with E-state index in [0.29, 0.717) is 24.7 Å². The summed E-state index contributed by atoms with van der Waals surface area (Å²) in [5.74, 6) is 0. The molecule has 0 saturated heterocycles. The number of aryl methyl sites for hydroxylation is 1. The van der Waals surface area contributed by atoms with Gasteiger partial charge in [-0.05, 0) is 18.7 Å². The van der Waals surface area contributed by atoms with Crippen molar-refractivity contribution >= 4 is 16.9 Å². The van der Waals surface area contributed by atoms with E-state index in [9.17, 15) is 4.79 Å². The monoisotopic (exact) mass is 327 g/mol. The molecule has 7 heteroatoms. The van der Waals surface area contributed by atoms with E-state index < -0.39 is 0 Å². The molecule has 0 atom stereocenters. The predicted molar refractivity (Wildman–Crippen MR) is 93.1 cm³/mol. The van der Waals surface area contributed by atoms with Crippen molar-refractivity contribution in [2.24, 2.45) is 4.99 Å². The molecule has 2 aromatic rings. The Bertz CT molecular complexity index is 764. The van der Waals surface area contributed by atoms with Gasteiger partial charge in [0, 0.05) is 24.7 Å². The van der Waals surface area contributed by atoms with E-state index in [2.05, 4.69) is 15.4 Å². The quantitative estimate of drug-likeness (QED) is 0.299. The van der Waals surface area contributed by atoms with Gasteiger partial charge in [0.15, 0.2) is 11.4 Å². The number of aromatic nitrogens is 2. The number of hydrogen-bond donors (Lipinski definition) is 1. The minimum atomic E-state index is -0.131. The summed E-state index contributed by atoms with van der Waals surface area (Å²) in [6, 6.07) is 13.0. The smallest absolute Gasteiger partial charge is 0.266 e. The molecule has 2 rings (SSSR count). The van der Waals surface area contributed by atoms with Crippen LogP contribution in [-0.2, 0) is 6.54 Å². The fourth-order valence-electron chi connectivity index (χ4n) is 1.98. The van der Waals surface area contributed by atoms with Crippen LogP contribution in [0.5, 0.6) is 0 Å². The summed E-state index contributed by atoms with van der Waals surface area (Å²) in [5.41, 5.74) is 1.61. The second-order valence-electron chi connectivity index (χ2n) is 4.63. The van der Waals surface area contributed by atoms with Gasteiger partial charge in [0.05, 0.1) is 5.69 Å². The number of nitrogens with zero attached hydrogens (tertiary/aromatic N) is 4. The summed E-state index contributed by atoms with van der Waals surface area (Å²) in [6.45, 7) is 1.01. The van der Waals surface area contributed by atoms with E-state index in [1.54, 1.807) is 6.07 Å². The van der Waals surface area contributed by atoms with Crippen LogP contribution in [0.1, 0.15) is 6.42 Å². The maximum atomic E-state index is 11.9. The molecule has 6 nitrogen and oxygen atoms in total.